The predicted molar refractivity (Wildman–Crippen MR) is 135 cm³/mol. The topological polar surface area (TPSA) is 99.8 Å². The van der Waals surface area contributed by atoms with Crippen LogP contribution in [0.4, 0.5) is 10.2 Å². The van der Waals surface area contributed by atoms with Gasteiger partial charge in [0.15, 0.2) is 5.65 Å². The lowest BCUT2D eigenvalue weighted by atomic mass is 9.99. The van der Waals surface area contributed by atoms with Crippen LogP contribution < -0.4 is 10.8 Å². The maximum Gasteiger partial charge on any atom is 0.243 e. The number of phenolic OH excluding ortho intramolecular Hbond substituents is 1. The Bertz CT molecular complexity index is 1480. The first-order chi connectivity index (χ1) is 16.8. The third-order valence-corrected chi connectivity index (χ3v) is 8.21. The molecule has 11 heteroatoms. The molecule has 180 valence electrons. The molecule has 1 aliphatic heterocycles. The number of anilines is 1. The van der Waals surface area contributed by atoms with E-state index in [1.54, 1.807) is 22.8 Å². The molecular weight excluding hydrogens is 468 g/mol. The Labute approximate surface area is 203 Å². The minimum absolute atomic E-state index is 0.0763. The summed E-state index contributed by atoms with van der Waals surface area (Å²) < 4.78 is 42.6. The molecule has 1 atom stereocenters. The van der Waals surface area contributed by atoms with Crippen molar-refractivity contribution in [3.05, 3.63) is 66.6 Å². The molecule has 1 saturated heterocycles. The van der Waals surface area contributed by atoms with Gasteiger partial charge in [-0.25, -0.2) is 17.8 Å². The number of fused-ring (bicyclic) bond motifs is 1. The number of hydrogen-bond donors (Lipinski definition) is 2. The highest BCUT2D eigenvalue weighted by molar-refractivity contribution is 7.89. The van der Waals surface area contributed by atoms with Crippen molar-refractivity contribution in [1.29, 1.82) is 0 Å². The first-order valence-corrected chi connectivity index (χ1v) is 12.9. The standard InChI is InChI=1S/C24H25BFN5O3S/c25-20-14-28-31-23(12-21(29-24(20)31)19-5-1-2-6-22(19)32)27-13-16-4-3-11-30(15-16)35(33,34)18-9-7-17(26)8-10-18/h1-2,5-10,12,14,16,27,32H,3-4,11,13,15,25H2. The van der Waals surface area contributed by atoms with Crippen LogP contribution in [0.3, 0.4) is 0 Å². The summed E-state index contributed by atoms with van der Waals surface area (Å²) in [5.41, 5.74) is 2.82. The van der Waals surface area contributed by atoms with Crippen LogP contribution in [0.2, 0.25) is 0 Å². The number of nitrogens with one attached hydrogen (secondary N) is 1. The van der Waals surface area contributed by atoms with Crippen LogP contribution in [0, 0.1) is 11.7 Å². The van der Waals surface area contributed by atoms with Crippen molar-refractivity contribution >= 4 is 34.8 Å². The SMILES string of the molecule is Bc1cnn2c(NCC3CCCN(S(=O)(=O)c4ccc(F)cc4)C3)cc(-c3ccccc3O)nc12. The van der Waals surface area contributed by atoms with Gasteiger partial charge in [0.2, 0.25) is 10.0 Å². The molecule has 0 radical (unpaired) electrons. The Balaban J connectivity index is 1.37. The van der Waals surface area contributed by atoms with Crippen molar-refractivity contribution in [2.45, 2.75) is 17.7 Å². The Kier molecular flexibility index (Phi) is 6.20. The third-order valence-electron chi connectivity index (χ3n) is 6.33. The van der Waals surface area contributed by atoms with Gasteiger partial charge in [-0.1, -0.05) is 12.1 Å². The van der Waals surface area contributed by atoms with Crippen LogP contribution in [0.5, 0.6) is 5.75 Å². The molecular formula is C24H25BFN5O3S. The molecule has 0 bridgehead atoms. The van der Waals surface area contributed by atoms with Crippen LogP contribution in [0.25, 0.3) is 16.9 Å². The van der Waals surface area contributed by atoms with Gasteiger partial charge in [0.25, 0.3) is 0 Å². The normalized spacial score (nSPS) is 17.0. The monoisotopic (exact) mass is 493 g/mol. The zero-order valence-electron chi connectivity index (χ0n) is 19.2. The highest BCUT2D eigenvalue weighted by Gasteiger charge is 2.30. The molecule has 1 aliphatic rings. The summed E-state index contributed by atoms with van der Waals surface area (Å²) >= 11 is 0. The summed E-state index contributed by atoms with van der Waals surface area (Å²) in [6.07, 6.45) is 3.35. The number of aromatic nitrogens is 3. The lowest BCUT2D eigenvalue weighted by Gasteiger charge is -2.32. The second-order valence-corrected chi connectivity index (χ2v) is 10.8. The van der Waals surface area contributed by atoms with Gasteiger partial charge in [0.1, 0.15) is 25.2 Å². The van der Waals surface area contributed by atoms with E-state index >= 15 is 0 Å². The van der Waals surface area contributed by atoms with E-state index in [1.165, 1.54) is 28.6 Å². The molecule has 0 aliphatic carbocycles. The molecule has 35 heavy (non-hydrogen) atoms. The van der Waals surface area contributed by atoms with Crippen LogP contribution >= 0.6 is 0 Å². The molecule has 2 aromatic heterocycles. The van der Waals surface area contributed by atoms with Gasteiger partial charge in [-0.3, -0.25) is 0 Å². The molecule has 0 saturated carbocycles. The average Bonchev–Trinajstić information content (AvgIpc) is 3.24. The smallest absolute Gasteiger partial charge is 0.243 e. The number of sulfonamides is 1. The zero-order chi connectivity index (χ0) is 24.6. The summed E-state index contributed by atoms with van der Waals surface area (Å²) in [5.74, 6) is 0.457. The number of benzene rings is 2. The maximum atomic E-state index is 13.3. The lowest BCUT2D eigenvalue weighted by molar-refractivity contribution is 0.275. The van der Waals surface area contributed by atoms with E-state index in [4.69, 9.17) is 4.98 Å². The quantitative estimate of drug-likeness (QED) is 0.399. The fourth-order valence-electron chi connectivity index (χ4n) is 4.44. The number of aromatic hydroxyl groups is 1. The fraction of sp³-hybridized carbons (Fsp3) is 0.250. The molecule has 2 aromatic carbocycles. The summed E-state index contributed by atoms with van der Waals surface area (Å²) in [6.45, 7) is 1.34. The molecule has 0 spiro atoms. The van der Waals surface area contributed by atoms with Crippen LogP contribution in [-0.2, 0) is 10.0 Å². The van der Waals surface area contributed by atoms with Gasteiger partial charge in [0.05, 0.1) is 10.6 Å². The number of rotatable bonds is 6. The van der Waals surface area contributed by atoms with Crippen molar-refractivity contribution in [2.24, 2.45) is 5.92 Å². The molecule has 4 aromatic rings. The highest BCUT2D eigenvalue weighted by Crippen LogP contribution is 2.30. The summed E-state index contributed by atoms with van der Waals surface area (Å²) in [6, 6.07) is 13.8. The molecule has 0 amide bonds. The van der Waals surface area contributed by atoms with Gasteiger partial charge in [-0.15, -0.1) is 0 Å². The molecule has 2 N–H and O–H groups in total. The second kappa shape index (κ2) is 9.31. The second-order valence-electron chi connectivity index (χ2n) is 8.81. The van der Waals surface area contributed by atoms with Crippen LogP contribution in [0.1, 0.15) is 12.8 Å². The fourth-order valence-corrected chi connectivity index (χ4v) is 6.00. The van der Waals surface area contributed by atoms with Gasteiger partial charge >= 0.3 is 0 Å². The Morgan fingerprint density at radius 2 is 1.94 bits per heavy atom. The van der Waals surface area contributed by atoms with Gasteiger partial charge < -0.3 is 10.4 Å². The molecule has 3 heterocycles. The molecule has 8 nitrogen and oxygen atoms in total. The van der Waals surface area contributed by atoms with Gasteiger partial charge in [-0.05, 0) is 60.6 Å². The zero-order valence-corrected chi connectivity index (χ0v) is 20.0. The minimum atomic E-state index is -3.69. The van der Waals surface area contributed by atoms with Crippen LogP contribution in [-0.4, -0.2) is 59.9 Å². The van der Waals surface area contributed by atoms with Crippen molar-refractivity contribution in [2.75, 3.05) is 25.0 Å². The first kappa shape index (κ1) is 23.3. The van der Waals surface area contributed by atoms with E-state index in [-0.39, 0.29) is 16.6 Å². The summed E-state index contributed by atoms with van der Waals surface area (Å²) in [5, 5.41) is 18.2. The molecule has 5 rings (SSSR count). The number of nitrogens with zero attached hydrogens (tertiary/aromatic N) is 4. The Morgan fingerprint density at radius 1 is 1.17 bits per heavy atom. The van der Waals surface area contributed by atoms with Crippen molar-refractivity contribution in [3.8, 4) is 17.0 Å². The number of hydrogen-bond acceptors (Lipinski definition) is 6. The molecule has 1 unspecified atom stereocenters. The highest BCUT2D eigenvalue weighted by atomic mass is 32.2. The number of para-hydroxylation sites is 1. The summed E-state index contributed by atoms with van der Waals surface area (Å²) in [7, 11) is -1.77. The largest absolute Gasteiger partial charge is 0.507 e. The van der Waals surface area contributed by atoms with Crippen molar-refractivity contribution in [3.63, 3.8) is 0 Å². The minimum Gasteiger partial charge on any atom is -0.507 e. The maximum absolute atomic E-state index is 13.3. The van der Waals surface area contributed by atoms with Crippen molar-refractivity contribution in [1.82, 2.24) is 18.9 Å². The number of piperidine rings is 1. The summed E-state index contributed by atoms with van der Waals surface area (Å²) in [4.78, 5) is 4.79. The number of phenols is 1. The van der Waals surface area contributed by atoms with E-state index < -0.39 is 15.8 Å². The van der Waals surface area contributed by atoms with Gasteiger partial charge in [0, 0.05) is 37.5 Å². The van der Waals surface area contributed by atoms with Crippen molar-refractivity contribution < 1.29 is 17.9 Å². The van der Waals surface area contributed by atoms with Crippen LogP contribution in [0.15, 0.2) is 65.7 Å². The van der Waals surface area contributed by atoms with E-state index in [0.29, 0.717) is 42.4 Å². The Morgan fingerprint density at radius 3 is 2.71 bits per heavy atom. The number of halogens is 1. The third kappa shape index (κ3) is 4.61. The Hall–Kier alpha value is -3.44. The van der Waals surface area contributed by atoms with E-state index in [9.17, 15) is 17.9 Å². The van der Waals surface area contributed by atoms with E-state index in [0.717, 1.165) is 18.3 Å². The predicted octanol–water partition coefficient (Wildman–Crippen LogP) is 2.01. The average molecular weight is 493 g/mol. The first-order valence-electron chi connectivity index (χ1n) is 11.5. The van der Waals surface area contributed by atoms with E-state index in [1.807, 2.05) is 26.0 Å². The van der Waals surface area contributed by atoms with Gasteiger partial charge in [-0.2, -0.15) is 13.9 Å². The molecule has 1 fully saturated rings. The van der Waals surface area contributed by atoms with E-state index in [2.05, 4.69) is 10.4 Å². The lowest BCUT2D eigenvalue weighted by Crippen LogP contribution is -2.41.